The van der Waals surface area contributed by atoms with E-state index >= 15 is 0 Å². The van der Waals surface area contributed by atoms with Gasteiger partial charge >= 0.3 is 6.03 Å². The number of hydrogen-bond acceptors (Lipinski definition) is 4. The van der Waals surface area contributed by atoms with E-state index in [2.05, 4.69) is 41.4 Å². The standard InChI is InChI=1S/C28H30N4O3/c1-20-8-12-24(13-9-20)30-14-5-15-31(17-16-30)25(33)19-32-26(34)28(2,29-27(32)35)23-11-10-21-6-3-4-7-22(21)18-23/h3-4,6-13,18H,5,14-17,19H2,1-2H3,(H,29,35). The number of anilines is 1. The Kier molecular flexibility index (Phi) is 5.93. The molecular weight excluding hydrogens is 440 g/mol. The van der Waals surface area contributed by atoms with E-state index in [1.165, 1.54) is 5.56 Å². The largest absolute Gasteiger partial charge is 0.370 e. The Morgan fingerprint density at radius 1 is 0.914 bits per heavy atom. The third-order valence-electron chi connectivity index (χ3n) is 7.14. The van der Waals surface area contributed by atoms with Crippen LogP contribution in [0.25, 0.3) is 10.8 Å². The lowest BCUT2D eigenvalue weighted by molar-refractivity contribution is -0.138. The summed E-state index contributed by atoms with van der Waals surface area (Å²) in [5.41, 5.74) is 1.85. The number of amides is 4. The number of nitrogens with zero attached hydrogens (tertiary/aromatic N) is 3. The van der Waals surface area contributed by atoms with Gasteiger partial charge in [-0.15, -0.1) is 0 Å². The van der Waals surface area contributed by atoms with Gasteiger partial charge in [-0.05, 0) is 54.8 Å². The number of hydrogen-bond donors (Lipinski definition) is 1. The first-order valence-corrected chi connectivity index (χ1v) is 12.1. The minimum absolute atomic E-state index is 0.206. The maximum atomic E-state index is 13.4. The normalized spacial score (nSPS) is 20.8. The Hall–Kier alpha value is -3.87. The number of rotatable bonds is 4. The Morgan fingerprint density at radius 3 is 2.43 bits per heavy atom. The summed E-state index contributed by atoms with van der Waals surface area (Å²) in [6.45, 7) is 6.24. The summed E-state index contributed by atoms with van der Waals surface area (Å²) >= 11 is 0. The smallest absolute Gasteiger partial charge is 0.325 e. The number of carbonyl (C=O) groups excluding carboxylic acids is 3. The Balaban J connectivity index is 1.27. The summed E-state index contributed by atoms with van der Waals surface area (Å²) in [6, 6.07) is 21.5. The van der Waals surface area contributed by atoms with E-state index in [0.29, 0.717) is 25.2 Å². The van der Waals surface area contributed by atoms with Crippen LogP contribution in [0.1, 0.15) is 24.5 Å². The SMILES string of the molecule is Cc1ccc(N2CCCN(C(=O)CN3C(=O)NC(C)(c4ccc5ccccc5c4)C3=O)CC2)cc1. The van der Waals surface area contributed by atoms with Crippen LogP contribution in [-0.2, 0) is 15.1 Å². The first kappa shape index (κ1) is 22.9. The molecule has 4 amide bonds. The molecule has 2 saturated heterocycles. The van der Waals surface area contributed by atoms with Gasteiger partial charge in [-0.3, -0.25) is 14.5 Å². The molecule has 0 radical (unpaired) electrons. The quantitative estimate of drug-likeness (QED) is 0.591. The number of aryl methyl sites for hydroxylation is 1. The molecular formula is C28H30N4O3. The molecule has 1 N–H and O–H groups in total. The van der Waals surface area contributed by atoms with Gasteiger partial charge in [0.25, 0.3) is 5.91 Å². The molecule has 0 saturated carbocycles. The maximum absolute atomic E-state index is 13.4. The molecule has 2 fully saturated rings. The average Bonchev–Trinajstić information content (AvgIpc) is 3.03. The second-order valence-corrected chi connectivity index (χ2v) is 9.57. The van der Waals surface area contributed by atoms with Crippen LogP contribution in [0.15, 0.2) is 66.7 Å². The van der Waals surface area contributed by atoms with Crippen molar-refractivity contribution in [3.8, 4) is 0 Å². The van der Waals surface area contributed by atoms with Crippen LogP contribution in [0.3, 0.4) is 0 Å². The van der Waals surface area contributed by atoms with E-state index in [1.807, 2.05) is 42.5 Å². The van der Waals surface area contributed by atoms with Gasteiger partial charge in [0, 0.05) is 31.9 Å². The zero-order valence-electron chi connectivity index (χ0n) is 20.2. The van der Waals surface area contributed by atoms with E-state index < -0.39 is 17.5 Å². The molecule has 35 heavy (non-hydrogen) atoms. The third-order valence-corrected chi connectivity index (χ3v) is 7.14. The van der Waals surface area contributed by atoms with Gasteiger partial charge in [-0.1, -0.05) is 54.1 Å². The average molecular weight is 471 g/mol. The van der Waals surface area contributed by atoms with Crippen molar-refractivity contribution in [1.29, 1.82) is 0 Å². The molecule has 2 heterocycles. The van der Waals surface area contributed by atoms with E-state index in [-0.39, 0.29) is 12.5 Å². The minimum atomic E-state index is -1.21. The van der Waals surface area contributed by atoms with Crippen molar-refractivity contribution >= 4 is 34.3 Å². The van der Waals surface area contributed by atoms with Crippen LogP contribution in [0.4, 0.5) is 10.5 Å². The summed E-state index contributed by atoms with van der Waals surface area (Å²) in [4.78, 5) is 44.4. The van der Waals surface area contributed by atoms with Crippen molar-refractivity contribution < 1.29 is 14.4 Å². The van der Waals surface area contributed by atoms with E-state index in [9.17, 15) is 14.4 Å². The number of nitrogens with one attached hydrogen (secondary N) is 1. The minimum Gasteiger partial charge on any atom is -0.370 e. The molecule has 7 nitrogen and oxygen atoms in total. The fourth-order valence-corrected chi connectivity index (χ4v) is 4.95. The highest BCUT2D eigenvalue weighted by Gasteiger charge is 2.49. The molecule has 7 heteroatoms. The molecule has 180 valence electrons. The molecule has 1 unspecified atom stereocenters. The van der Waals surface area contributed by atoms with Gasteiger partial charge in [0.05, 0.1) is 0 Å². The highest BCUT2D eigenvalue weighted by Crippen LogP contribution is 2.31. The molecule has 3 aromatic rings. The van der Waals surface area contributed by atoms with Crippen molar-refractivity contribution in [3.63, 3.8) is 0 Å². The van der Waals surface area contributed by atoms with Crippen molar-refractivity contribution in [2.24, 2.45) is 0 Å². The van der Waals surface area contributed by atoms with Gasteiger partial charge < -0.3 is 15.1 Å². The van der Waals surface area contributed by atoms with Crippen molar-refractivity contribution in [2.45, 2.75) is 25.8 Å². The lowest BCUT2D eigenvalue weighted by Crippen LogP contribution is -2.45. The fourth-order valence-electron chi connectivity index (χ4n) is 4.95. The molecule has 0 spiro atoms. The van der Waals surface area contributed by atoms with Gasteiger partial charge in [-0.25, -0.2) is 4.79 Å². The molecule has 0 aliphatic carbocycles. The molecule has 0 aromatic heterocycles. The Labute approximate surface area is 205 Å². The van der Waals surface area contributed by atoms with Crippen LogP contribution >= 0.6 is 0 Å². The van der Waals surface area contributed by atoms with Crippen molar-refractivity contribution in [1.82, 2.24) is 15.1 Å². The molecule has 5 rings (SSSR count). The van der Waals surface area contributed by atoms with Crippen LogP contribution in [0, 0.1) is 6.92 Å². The first-order valence-electron chi connectivity index (χ1n) is 12.1. The van der Waals surface area contributed by atoms with Gasteiger partial charge in [0.2, 0.25) is 5.91 Å². The molecule has 1 atom stereocenters. The van der Waals surface area contributed by atoms with E-state index in [0.717, 1.165) is 34.3 Å². The van der Waals surface area contributed by atoms with Crippen LogP contribution in [0.2, 0.25) is 0 Å². The fraction of sp³-hybridized carbons (Fsp3) is 0.321. The predicted molar refractivity (Wildman–Crippen MR) is 136 cm³/mol. The number of benzene rings is 3. The van der Waals surface area contributed by atoms with Gasteiger partial charge in [-0.2, -0.15) is 0 Å². The lowest BCUT2D eigenvalue weighted by atomic mass is 9.90. The number of carbonyl (C=O) groups is 3. The summed E-state index contributed by atoms with van der Waals surface area (Å²) in [5, 5.41) is 4.87. The third kappa shape index (κ3) is 4.34. The monoisotopic (exact) mass is 470 g/mol. The van der Waals surface area contributed by atoms with E-state index in [1.54, 1.807) is 11.8 Å². The van der Waals surface area contributed by atoms with Crippen LogP contribution in [-0.4, -0.2) is 60.4 Å². The highest BCUT2D eigenvalue weighted by atomic mass is 16.2. The second kappa shape index (κ2) is 9.06. The van der Waals surface area contributed by atoms with E-state index in [4.69, 9.17) is 0 Å². The molecule has 2 aliphatic heterocycles. The summed E-state index contributed by atoms with van der Waals surface area (Å²) in [7, 11) is 0. The van der Waals surface area contributed by atoms with Crippen molar-refractivity contribution in [3.05, 3.63) is 77.9 Å². The van der Waals surface area contributed by atoms with Crippen LogP contribution < -0.4 is 10.2 Å². The maximum Gasteiger partial charge on any atom is 0.325 e. The van der Waals surface area contributed by atoms with Gasteiger partial charge in [0.15, 0.2) is 0 Å². The second-order valence-electron chi connectivity index (χ2n) is 9.57. The Morgan fingerprint density at radius 2 is 1.66 bits per heavy atom. The number of imide groups is 1. The number of fused-ring (bicyclic) bond motifs is 1. The summed E-state index contributed by atoms with van der Waals surface area (Å²) < 4.78 is 0. The summed E-state index contributed by atoms with van der Waals surface area (Å²) in [5.74, 6) is -0.607. The van der Waals surface area contributed by atoms with Gasteiger partial charge in [0.1, 0.15) is 12.1 Å². The Bertz CT molecular complexity index is 1290. The summed E-state index contributed by atoms with van der Waals surface area (Å²) in [6.07, 6.45) is 0.828. The first-order chi connectivity index (χ1) is 16.8. The molecule has 3 aromatic carbocycles. The van der Waals surface area contributed by atoms with Crippen molar-refractivity contribution in [2.75, 3.05) is 37.6 Å². The predicted octanol–water partition coefficient (Wildman–Crippen LogP) is 3.65. The number of urea groups is 1. The highest BCUT2D eigenvalue weighted by molar-refractivity contribution is 6.09. The zero-order valence-corrected chi connectivity index (χ0v) is 20.2. The zero-order chi connectivity index (χ0) is 24.6. The molecule has 2 aliphatic rings. The van der Waals surface area contributed by atoms with Crippen LogP contribution in [0.5, 0.6) is 0 Å². The molecule has 0 bridgehead atoms. The topological polar surface area (TPSA) is 73.0 Å². The lowest BCUT2D eigenvalue weighted by Gasteiger charge is -2.25.